The molecule has 1 aromatic heterocycles. The van der Waals surface area contributed by atoms with Crippen LogP contribution in [0.15, 0.2) is 65.8 Å². The van der Waals surface area contributed by atoms with Crippen molar-refractivity contribution in [3.63, 3.8) is 0 Å². The van der Waals surface area contributed by atoms with E-state index in [4.69, 9.17) is 14.2 Å². The highest BCUT2D eigenvalue weighted by Gasteiger charge is 2.16. The van der Waals surface area contributed by atoms with Gasteiger partial charge in [0.05, 0.1) is 38.8 Å². The van der Waals surface area contributed by atoms with E-state index in [1.807, 2.05) is 36.4 Å². The van der Waals surface area contributed by atoms with Gasteiger partial charge in [-0.2, -0.15) is 10.2 Å². The molecule has 0 atom stereocenters. The van der Waals surface area contributed by atoms with Gasteiger partial charge in [0.15, 0.2) is 11.5 Å². The van der Waals surface area contributed by atoms with Crippen LogP contribution in [-0.4, -0.2) is 43.6 Å². The number of hydrogen-bond acceptors (Lipinski definition) is 6. The van der Waals surface area contributed by atoms with Gasteiger partial charge < -0.3 is 14.2 Å². The van der Waals surface area contributed by atoms with Crippen LogP contribution in [-0.2, 0) is 0 Å². The fourth-order valence-electron chi connectivity index (χ4n) is 3.41. The predicted octanol–water partition coefficient (Wildman–Crippen LogP) is 4.02. The fourth-order valence-corrected chi connectivity index (χ4v) is 3.41. The molecule has 4 rings (SSSR count). The molecule has 0 bridgehead atoms. The number of fused-ring (bicyclic) bond motifs is 1. The maximum absolute atomic E-state index is 12.5. The average Bonchev–Trinajstić information content (AvgIpc) is 3.33. The Labute approximate surface area is 184 Å². The lowest BCUT2D eigenvalue weighted by Gasteiger charge is -2.09. The lowest BCUT2D eigenvalue weighted by molar-refractivity contribution is 0.0950. The second-order valence-electron chi connectivity index (χ2n) is 6.84. The smallest absolute Gasteiger partial charge is 0.289 e. The molecule has 0 aliphatic heterocycles. The number of rotatable bonds is 7. The minimum atomic E-state index is -0.417. The summed E-state index contributed by atoms with van der Waals surface area (Å²) in [5, 5.41) is 13.2. The minimum absolute atomic E-state index is 0.277. The Hall–Kier alpha value is -4.33. The van der Waals surface area contributed by atoms with Crippen LogP contribution in [0.25, 0.3) is 22.0 Å². The highest BCUT2D eigenvalue weighted by atomic mass is 16.5. The summed E-state index contributed by atoms with van der Waals surface area (Å²) in [6.07, 6.45) is 1.52. The van der Waals surface area contributed by atoms with Crippen molar-refractivity contribution in [2.75, 3.05) is 21.3 Å². The van der Waals surface area contributed by atoms with E-state index < -0.39 is 5.91 Å². The molecule has 162 valence electrons. The van der Waals surface area contributed by atoms with E-state index in [0.29, 0.717) is 22.9 Å². The third-order valence-corrected chi connectivity index (χ3v) is 4.98. The number of amides is 1. The van der Waals surface area contributed by atoms with Gasteiger partial charge in [0.1, 0.15) is 11.4 Å². The Morgan fingerprint density at radius 3 is 2.47 bits per heavy atom. The zero-order valence-corrected chi connectivity index (χ0v) is 17.9. The topological polar surface area (TPSA) is 97.8 Å². The molecule has 3 aromatic carbocycles. The van der Waals surface area contributed by atoms with Crippen LogP contribution in [0.1, 0.15) is 16.1 Å². The molecule has 1 amide bonds. The molecule has 0 fully saturated rings. The Morgan fingerprint density at radius 2 is 1.69 bits per heavy atom. The summed E-state index contributed by atoms with van der Waals surface area (Å²) < 4.78 is 16.0. The van der Waals surface area contributed by atoms with E-state index >= 15 is 0 Å². The highest BCUT2D eigenvalue weighted by molar-refractivity contribution is 6.00. The van der Waals surface area contributed by atoms with Gasteiger partial charge in [-0.1, -0.05) is 30.3 Å². The number of carbonyl (C=O) groups excluding carboxylic acids is 1. The van der Waals surface area contributed by atoms with Gasteiger partial charge >= 0.3 is 0 Å². The number of nitrogens with zero attached hydrogens (tertiary/aromatic N) is 2. The van der Waals surface area contributed by atoms with E-state index in [2.05, 4.69) is 20.7 Å². The van der Waals surface area contributed by atoms with Crippen LogP contribution in [0.3, 0.4) is 0 Å². The molecule has 4 aromatic rings. The number of benzene rings is 3. The molecular formula is C24H22N4O4. The Kier molecular flexibility index (Phi) is 6.03. The highest BCUT2D eigenvalue weighted by Crippen LogP contribution is 2.36. The first-order valence-electron chi connectivity index (χ1n) is 9.81. The van der Waals surface area contributed by atoms with Crippen molar-refractivity contribution in [2.24, 2.45) is 5.10 Å². The van der Waals surface area contributed by atoms with Crippen molar-refractivity contribution < 1.29 is 19.0 Å². The summed E-state index contributed by atoms with van der Waals surface area (Å²) >= 11 is 0. The molecule has 0 unspecified atom stereocenters. The average molecular weight is 430 g/mol. The van der Waals surface area contributed by atoms with Crippen molar-refractivity contribution in [3.8, 4) is 28.5 Å². The summed E-state index contributed by atoms with van der Waals surface area (Å²) in [5.74, 6) is 1.45. The van der Waals surface area contributed by atoms with Crippen LogP contribution < -0.4 is 19.6 Å². The Morgan fingerprint density at radius 1 is 0.938 bits per heavy atom. The van der Waals surface area contributed by atoms with Gasteiger partial charge in [-0.3, -0.25) is 9.89 Å². The van der Waals surface area contributed by atoms with E-state index in [0.717, 1.165) is 21.9 Å². The number of hydrazone groups is 1. The van der Waals surface area contributed by atoms with Crippen molar-refractivity contribution in [1.82, 2.24) is 15.6 Å². The van der Waals surface area contributed by atoms with Crippen molar-refractivity contribution in [1.29, 1.82) is 0 Å². The quantitative estimate of drug-likeness (QED) is 0.341. The van der Waals surface area contributed by atoms with Gasteiger partial charge in [0.25, 0.3) is 5.91 Å². The predicted molar refractivity (Wildman–Crippen MR) is 123 cm³/mol. The molecule has 0 radical (unpaired) electrons. The van der Waals surface area contributed by atoms with Gasteiger partial charge in [-0.15, -0.1) is 0 Å². The molecule has 2 N–H and O–H groups in total. The molecule has 8 heteroatoms. The number of ether oxygens (including phenoxy) is 3. The van der Waals surface area contributed by atoms with Crippen LogP contribution in [0.2, 0.25) is 0 Å². The number of nitrogens with one attached hydrogen (secondary N) is 2. The number of H-pyrrole nitrogens is 1. The number of aromatic nitrogens is 2. The molecule has 0 aliphatic rings. The largest absolute Gasteiger partial charge is 0.496 e. The van der Waals surface area contributed by atoms with Crippen molar-refractivity contribution in [2.45, 2.75) is 0 Å². The summed E-state index contributed by atoms with van der Waals surface area (Å²) in [5.41, 5.74) is 4.94. The van der Waals surface area contributed by atoms with Crippen LogP contribution in [0, 0.1) is 0 Å². The number of methoxy groups -OCH3 is 3. The molecular weight excluding hydrogens is 408 g/mol. The third kappa shape index (κ3) is 4.11. The van der Waals surface area contributed by atoms with E-state index in [1.54, 1.807) is 45.6 Å². The summed E-state index contributed by atoms with van der Waals surface area (Å²) in [6, 6.07) is 18.8. The molecule has 1 heterocycles. The first-order valence-corrected chi connectivity index (χ1v) is 9.81. The summed E-state index contributed by atoms with van der Waals surface area (Å²) in [7, 11) is 4.73. The minimum Gasteiger partial charge on any atom is -0.496 e. The van der Waals surface area contributed by atoms with Crippen LogP contribution in [0.5, 0.6) is 17.2 Å². The van der Waals surface area contributed by atoms with Gasteiger partial charge in [0, 0.05) is 0 Å². The number of aromatic amines is 1. The summed E-state index contributed by atoms with van der Waals surface area (Å²) in [6.45, 7) is 0. The second kappa shape index (κ2) is 9.22. The van der Waals surface area contributed by atoms with Crippen LogP contribution >= 0.6 is 0 Å². The number of carbonyl (C=O) groups is 1. The van der Waals surface area contributed by atoms with Crippen molar-refractivity contribution in [3.05, 3.63) is 71.9 Å². The second-order valence-corrected chi connectivity index (χ2v) is 6.84. The van der Waals surface area contributed by atoms with Gasteiger partial charge in [0.2, 0.25) is 0 Å². The number of hydrogen-bond donors (Lipinski definition) is 2. The molecule has 32 heavy (non-hydrogen) atoms. The zero-order chi connectivity index (χ0) is 22.5. The maximum atomic E-state index is 12.5. The van der Waals surface area contributed by atoms with E-state index in [1.165, 1.54) is 6.21 Å². The molecule has 0 saturated heterocycles. The SMILES string of the molecule is COc1ccc(/C=N\NC(=O)c2cc(-c3c(OC)ccc4ccccc34)n[nH]2)cc1OC. The molecule has 8 nitrogen and oxygen atoms in total. The first kappa shape index (κ1) is 20.9. The molecule has 0 aliphatic carbocycles. The maximum Gasteiger partial charge on any atom is 0.289 e. The van der Waals surface area contributed by atoms with E-state index in [9.17, 15) is 4.79 Å². The van der Waals surface area contributed by atoms with Gasteiger partial charge in [-0.25, -0.2) is 5.43 Å². The lowest BCUT2D eigenvalue weighted by atomic mass is 10.0. The monoisotopic (exact) mass is 430 g/mol. The summed E-state index contributed by atoms with van der Waals surface area (Å²) in [4.78, 5) is 12.5. The molecule has 0 spiro atoms. The Bertz CT molecular complexity index is 1300. The zero-order valence-electron chi connectivity index (χ0n) is 17.9. The first-order chi connectivity index (χ1) is 15.6. The Balaban J connectivity index is 1.54. The normalized spacial score (nSPS) is 11.0. The lowest BCUT2D eigenvalue weighted by Crippen LogP contribution is -2.18. The van der Waals surface area contributed by atoms with Gasteiger partial charge in [-0.05, 0) is 46.7 Å². The standard InChI is InChI=1S/C24H22N4O4/c1-30-20-10-8-15(12-22(20)32-3)14-25-28-24(29)19-13-18(26-27-19)23-17-7-5-4-6-16(17)9-11-21(23)31-2/h4-14H,1-3H3,(H,26,27)(H,28,29)/b25-14-. The van der Waals surface area contributed by atoms with E-state index in [-0.39, 0.29) is 5.69 Å². The van der Waals surface area contributed by atoms with Crippen molar-refractivity contribution >= 4 is 22.9 Å². The third-order valence-electron chi connectivity index (χ3n) is 4.98. The fraction of sp³-hybridized carbons (Fsp3) is 0.125. The molecule has 0 saturated carbocycles. The van der Waals surface area contributed by atoms with Crippen LogP contribution in [0.4, 0.5) is 0 Å².